The number of allylic oxidation sites excluding steroid dienone is 4. The van der Waals surface area contributed by atoms with Crippen molar-refractivity contribution in [2.75, 3.05) is 0 Å². The summed E-state index contributed by atoms with van der Waals surface area (Å²) in [7, 11) is 0. The predicted molar refractivity (Wildman–Crippen MR) is 105 cm³/mol. The van der Waals surface area contributed by atoms with Crippen molar-refractivity contribution < 1.29 is 4.79 Å². The standard InChI is InChI=1S/C18H12N4OS2/c19-15-2-1-10(6-16(15)22-24)17(23)14-8-21-18-13(14)5-12(7-20-18)11-3-4-25-9-11/h1-9,19,24H,(H,20,21)/b19-15?,22-16-. The number of hydrogen-bond donors (Lipinski definition) is 3. The normalized spacial score (nSPS) is 15.8. The number of aromatic amines is 1. The molecule has 122 valence electrons. The van der Waals surface area contributed by atoms with Gasteiger partial charge in [0, 0.05) is 34.5 Å². The van der Waals surface area contributed by atoms with Crippen LogP contribution in [0.5, 0.6) is 0 Å². The van der Waals surface area contributed by atoms with Crippen LogP contribution in [-0.2, 0) is 0 Å². The number of aromatic nitrogens is 2. The molecule has 0 aliphatic heterocycles. The second kappa shape index (κ2) is 6.27. The SMILES string of the molecule is N=C1C=CC(C(=O)c2c[nH]c3ncc(-c4ccsc4)cc23)=C/C1=N/S. The Bertz CT molecular complexity index is 1090. The van der Waals surface area contributed by atoms with Gasteiger partial charge in [-0.1, -0.05) is 0 Å². The summed E-state index contributed by atoms with van der Waals surface area (Å²) < 4.78 is 3.74. The largest absolute Gasteiger partial charge is 0.345 e. The smallest absolute Gasteiger partial charge is 0.195 e. The van der Waals surface area contributed by atoms with E-state index in [-0.39, 0.29) is 11.5 Å². The molecule has 5 nitrogen and oxygen atoms in total. The van der Waals surface area contributed by atoms with Crippen LogP contribution in [0, 0.1) is 5.41 Å². The quantitative estimate of drug-likeness (QED) is 0.368. The molecule has 3 aromatic heterocycles. The number of nitrogens with zero attached hydrogens (tertiary/aromatic N) is 2. The Labute approximate surface area is 152 Å². The Balaban J connectivity index is 1.79. The molecular formula is C18H12N4OS2. The number of hydrogen-bond acceptors (Lipinski definition) is 6. The molecule has 0 saturated carbocycles. The number of Topliss-reactive ketones (excluding diaryl/α,β-unsaturated/α-hetero) is 1. The maximum atomic E-state index is 12.9. The van der Waals surface area contributed by atoms with Gasteiger partial charge in [0.15, 0.2) is 5.78 Å². The third-order valence-corrected chi connectivity index (χ3v) is 4.90. The Morgan fingerprint density at radius 1 is 1.32 bits per heavy atom. The summed E-state index contributed by atoms with van der Waals surface area (Å²) in [6, 6.07) is 3.99. The minimum atomic E-state index is -0.145. The first kappa shape index (κ1) is 15.7. The molecule has 1 aliphatic carbocycles. The van der Waals surface area contributed by atoms with Crippen molar-refractivity contribution in [3.63, 3.8) is 0 Å². The van der Waals surface area contributed by atoms with E-state index in [2.05, 4.69) is 27.2 Å². The van der Waals surface area contributed by atoms with Crippen LogP contribution in [0.4, 0.5) is 0 Å². The molecule has 0 radical (unpaired) electrons. The fraction of sp³-hybridized carbons (Fsp3) is 0. The number of nitrogens with one attached hydrogen (secondary N) is 2. The molecule has 0 bridgehead atoms. The highest BCUT2D eigenvalue weighted by molar-refractivity contribution is 7.79. The summed E-state index contributed by atoms with van der Waals surface area (Å²) in [5, 5.41) is 12.6. The maximum absolute atomic E-state index is 12.9. The van der Waals surface area contributed by atoms with E-state index in [0.29, 0.717) is 22.5 Å². The van der Waals surface area contributed by atoms with Crippen LogP contribution in [0.1, 0.15) is 10.4 Å². The van der Waals surface area contributed by atoms with E-state index < -0.39 is 0 Å². The molecular weight excluding hydrogens is 352 g/mol. The molecule has 7 heteroatoms. The van der Waals surface area contributed by atoms with Gasteiger partial charge >= 0.3 is 0 Å². The van der Waals surface area contributed by atoms with Gasteiger partial charge < -0.3 is 4.98 Å². The van der Waals surface area contributed by atoms with Gasteiger partial charge in [0.25, 0.3) is 0 Å². The van der Waals surface area contributed by atoms with Crippen LogP contribution >= 0.6 is 24.2 Å². The van der Waals surface area contributed by atoms with Crippen molar-refractivity contribution in [2.24, 2.45) is 4.40 Å². The van der Waals surface area contributed by atoms with E-state index >= 15 is 0 Å². The number of carbonyl (C=O) groups is 1. The number of H-pyrrole nitrogens is 1. The zero-order valence-corrected chi connectivity index (χ0v) is 14.6. The van der Waals surface area contributed by atoms with Crippen molar-refractivity contribution >= 4 is 52.4 Å². The maximum Gasteiger partial charge on any atom is 0.195 e. The van der Waals surface area contributed by atoms with Crippen LogP contribution in [0.25, 0.3) is 22.2 Å². The first-order chi connectivity index (χ1) is 12.2. The summed E-state index contributed by atoms with van der Waals surface area (Å²) in [5.74, 6) is -0.145. The topological polar surface area (TPSA) is 82.0 Å². The number of thiol groups is 1. The Kier molecular flexibility index (Phi) is 3.95. The lowest BCUT2D eigenvalue weighted by Gasteiger charge is -2.08. The second-order valence-electron chi connectivity index (χ2n) is 5.50. The van der Waals surface area contributed by atoms with Gasteiger partial charge in [0.05, 0.1) is 11.4 Å². The minimum Gasteiger partial charge on any atom is -0.345 e. The molecule has 0 aromatic carbocycles. The van der Waals surface area contributed by atoms with Crippen molar-refractivity contribution in [3.05, 3.63) is 64.7 Å². The molecule has 25 heavy (non-hydrogen) atoms. The molecule has 0 unspecified atom stereocenters. The average molecular weight is 364 g/mol. The fourth-order valence-corrected chi connectivity index (χ4v) is 3.52. The van der Waals surface area contributed by atoms with E-state index in [1.54, 1.807) is 42.0 Å². The Morgan fingerprint density at radius 2 is 2.20 bits per heavy atom. The average Bonchev–Trinajstić information content (AvgIpc) is 3.30. The van der Waals surface area contributed by atoms with Crippen molar-refractivity contribution in [1.29, 1.82) is 5.41 Å². The van der Waals surface area contributed by atoms with Gasteiger partial charge in [-0.2, -0.15) is 11.3 Å². The van der Waals surface area contributed by atoms with Gasteiger partial charge in [-0.25, -0.2) is 9.38 Å². The molecule has 4 rings (SSSR count). The Hall–Kier alpha value is -2.77. The molecule has 3 aromatic rings. The number of pyridine rings is 1. The number of ketones is 1. The molecule has 0 saturated heterocycles. The van der Waals surface area contributed by atoms with Crippen molar-refractivity contribution in [1.82, 2.24) is 9.97 Å². The zero-order chi connectivity index (χ0) is 17.4. The van der Waals surface area contributed by atoms with Gasteiger partial charge in [0.2, 0.25) is 0 Å². The van der Waals surface area contributed by atoms with Crippen molar-refractivity contribution in [2.45, 2.75) is 0 Å². The third-order valence-electron chi connectivity index (χ3n) is 4.00. The predicted octanol–water partition coefficient (Wildman–Crippen LogP) is 4.28. The number of fused-ring (bicyclic) bond motifs is 1. The third kappa shape index (κ3) is 2.77. The van der Waals surface area contributed by atoms with E-state index in [1.807, 2.05) is 22.9 Å². The monoisotopic (exact) mass is 364 g/mol. The molecule has 0 spiro atoms. The highest BCUT2D eigenvalue weighted by Gasteiger charge is 2.19. The van der Waals surface area contributed by atoms with Crippen LogP contribution < -0.4 is 0 Å². The van der Waals surface area contributed by atoms with E-state index in [1.165, 1.54) is 0 Å². The first-order valence-corrected chi connectivity index (χ1v) is 8.77. The van der Waals surface area contributed by atoms with Crippen LogP contribution in [0.2, 0.25) is 0 Å². The molecule has 3 heterocycles. The van der Waals surface area contributed by atoms with Crippen LogP contribution in [0.3, 0.4) is 0 Å². The van der Waals surface area contributed by atoms with Crippen LogP contribution in [0.15, 0.2) is 63.5 Å². The summed E-state index contributed by atoms with van der Waals surface area (Å²) in [6.07, 6.45) is 8.21. The lowest BCUT2D eigenvalue weighted by Crippen LogP contribution is -2.14. The summed E-state index contributed by atoms with van der Waals surface area (Å²) in [6.45, 7) is 0. The highest BCUT2D eigenvalue weighted by Crippen LogP contribution is 2.27. The first-order valence-electron chi connectivity index (χ1n) is 7.42. The Morgan fingerprint density at radius 3 is 2.96 bits per heavy atom. The fourth-order valence-electron chi connectivity index (χ4n) is 2.69. The van der Waals surface area contributed by atoms with Gasteiger partial charge in [-0.3, -0.25) is 10.2 Å². The lowest BCUT2D eigenvalue weighted by atomic mass is 9.96. The molecule has 0 amide bonds. The van der Waals surface area contributed by atoms with Crippen molar-refractivity contribution in [3.8, 4) is 11.1 Å². The molecule has 0 fully saturated rings. The van der Waals surface area contributed by atoms with Crippen LogP contribution in [-0.4, -0.2) is 27.2 Å². The second-order valence-corrected chi connectivity index (χ2v) is 6.48. The molecule has 0 atom stereocenters. The van der Waals surface area contributed by atoms with Gasteiger partial charge in [-0.15, -0.1) is 0 Å². The van der Waals surface area contributed by atoms with E-state index in [9.17, 15) is 4.79 Å². The van der Waals surface area contributed by atoms with Gasteiger partial charge in [0.1, 0.15) is 5.65 Å². The summed E-state index contributed by atoms with van der Waals surface area (Å²) in [4.78, 5) is 20.4. The van der Waals surface area contributed by atoms with E-state index in [4.69, 9.17) is 5.41 Å². The summed E-state index contributed by atoms with van der Waals surface area (Å²) in [5.41, 5.74) is 4.31. The summed E-state index contributed by atoms with van der Waals surface area (Å²) >= 11 is 5.47. The molecule has 1 aliphatic rings. The lowest BCUT2D eigenvalue weighted by molar-refractivity contribution is 0.103. The van der Waals surface area contributed by atoms with E-state index in [0.717, 1.165) is 16.5 Å². The zero-order valence-electron chi connectivity index (χ0n) is 12.9. The van der Waals surface area contributed by atoms with Gasteiger partial charge in [-0.05, 0) is 59.5 Å². The minimum absolute atomic E-state index is 0.145. The highest BCUT2D eigenvalue weighted by atomic mass is 32.1. The number of thiophene rings is 1. The number of rotatable bonds is 3. The molecule has 2 N–H and O–H groups in total. The number of carbonyl (C=O) groups excluding carboxylic acids is 1.